The van der Waals surface area contributed by atoms with Gasteiger partial charge < -0.3 is 9.64 Å². The first kappa shape index (κ1) is 20.0. The zero-order valence-corrected chi connectivity index (χ0v) is 17.0. The molecule has 0 unspecified atom stereocenters. The number of ether oxygens (including phenoxy) is 1. The van der Waals surface area contributed by atoms with Gasteiger partial charge in [-0.2, -0.15) is 0 Å². The maximum Gasteiger partial charge on any atom is 0.350 e. The van der Waals surface area contributed by atoms with E-state index in [0.717, 1.165) is 5.56 Å². The second-order valence-electron chi connectivity index (χ2n) is 6.10. The number of halogens is 1. The van der Waals surface area contributed by atoms with E-state index in [1.165, 1.54) is 16.2 Å². The van der Waals surface area contributed by atoms with Crippen LogP contribution in [0.3, 0.4) is 0 Å². The molecule has 0 saturated heterocycles. The number of amides is 1. The van der Waals surface area contributed by atoms with Gasteiger partial charge in [-0.05, 0) is 36.8 Å². The predicted molar refractivity (Wildman–Crippen MR) is 108 cm³/mol. The highest BCUT2D eigenvalue weighted by Gasteiger charge is 2.20. The molecular weight excluding hydrogens is 398 g/mol. The minimum atomic E-state index is -0.564. The van der Waals surface area contributed by atoms with E-state index in [-0.39, 0.29) is 12.5 Å². The number of rotatable bonds is 6. The number of thiazole rings is 1. The molecule has 0 atom stereocenters. The molecule has 2 aromatic heterocycles. The minimum Gasteiger partial charge on any atom is -0.451 e. The first-order valence-corrected chi connectivity index (χ1v) is 9.68. The SMILES string of the molecule is Cc1nc(-c2ccccn2)sc1C(=O)OCC(=O)N(C)Cc1ccc(Cl)cc1. The van der Waals surface area contributed by atoms with Crippen molar-refractivity contribution in [3.8, 4) is 10.7 Å². The molecule has 8 heteroatoms. The second kappa shape index (κ2) is 8.95. The molecule has 0 radical (unpaired) electrons. The number of nitrogens with zero attached hydrogens (tertiary/aromatic N) is 3. The minimum absolute atomic E-state index is 0.296. The molecule has 0 fully saturated rings. The first-order chi connectivity index (χ1) is 13.4. The highest BCUT2D eigenvalue weighted by atomic mass is 35.5. The number of benzene rings is 1. The average molecular weight is 416 g/mol. The summed E-state index contributed by atoms with van der Waals surface area (Å²) in [6.45, 7) is 1.80. The van der Waals surface area contributed by atoms with Gasteiger partial charge in [0.2, 0.25) is 0 Å². The van der Waals surface area contributed by atoms with E-state index in [4.69, 9.17) is 16.3 Å². The fourth-order valence-corrected chi connectivity index (χ4v) is 3.50. The van der Waals surface area contributed by atoms with Gasteiger partial charge in [-0.3, -0.25) is 9.78 Å². The summed E-state index contributed by atoms with van der Waals surface area (Å²) in [7, 11) is 1.65. The van der Waals surface area contributed by atoms with Gasteiger partial charge in [0, 0.05) is 24.8 Å². The molecule has 0 saturated carbocycles. The third kappa shape index (κ3) is 4.94. The lowest BCUT2D eigenvalue weighted by atomic mass is 10.2. The maximum absolute atomic E-state index is 12.4. The average Bonchev–Trinajstić information content (AvgIpc) is 3.10. The van der Waals surface area contributed by atoms with Gasteiger partial charge in [-0.25, -0.2) is 9.78 Å². The number of carbonyl (C=O) groups is 2. The Balaban J connectivity index is 1.58. The van der Waals surface area contributed by atoms with Crippen LogP contribution in [0.5, 0.6) is 0 Å². The summed E-state index contributed by atoms with van der Waals surface area (Å²) < 4.78 is 5.20. The van der Waals surface area contributed by atoms with Gasteiger partial charge in [0.05, 0.1) is 11.4 Å². The molecule has 1 amide bonds. The number of carbonyl (C=O) groups excluding carboxylic acids is 2. The highest BCUT2D eigenvalue weighted by Crippen LogP contribution is 2.26. The Kier molecular flexibility index (Phi) is 6.38. The van der Waals surface area contributed by atoms with Crippen molar-refractivity contribution in [3.63, 3.8) is 0 Å². The Hall–Kier alpha value is -2.77. The maximum atomic E-state index is 12.4. The molecule has 144 valence electrons. The van der Waals surface area contributed by atoms with Gasteiger partial charge in [0.15, 0.2) is 6.61 Å². The predicted octanol–water partition coefficient (Wildman–Crippen LogP) is 3.98. The van der Waals surface area contributed by atoms with Crippen molar-refractivity contribution in [2.75, 3.05) is 13.7 Å². The lowest BCUT2D eigenvalue weighted by Crippen LogP contribution is -2.30. The van der Waals surface area contributed by atoms with E-state index in [1.54, 1.807) is 32.3 Å². The molecule has 28 heavy (non-hydrogen) atoms. The Bertz CT molecular complexity index is 974. The van der Waals surface area contributed by atoms with Crippen LogP contribution >= 0.6 is 22.9 Å². The van der Waals surface area contributed by atoms with Crippen molar-refractivity contribution in [1.29, 1.82) is 0 Å². The largest absolute Gasteiger partial charge is 0.451 e. The molecule has 0 aliphatic carbocycles. The Morgan fingerprint density at radius 2 is 1.93 bits per heavy atom. The Morgan fingerprint density at radius 3 is 2.61 bits per heavy atom. The molecule has 0 bridgehead atoms. The number of pyridine rings is 1. The molecule has 1 aromatic carbocycles. The standard InChI is InChI=1S/C20H18ClN3O3S/c1-13-18(28-19(23-13)16-5-3-4-10-22-16)20(26)27-12-17(25)24(2)11-14-6-8-15(21)9-7-14/h3-10H,11-12H2,1-2H3. The highest BCUT2D eigenvalue weighted by molar-refractivity contribution is 7.17. The summed E-state index contributed by atoms with van der Waals surface area (Å²) in [5, 5.41) is 1.27. The van der Waals surface area contributed by atoms with Crippen LogP contribution in [0.2, 0.25) is 5.02 Å². The molecule has 3 rings (SSSR count). The van der Waals surface area contributed by atoms with Crippen molar-refractivity contribution < 1.29 is 14.3 Å². The van der Waals surface area contributed by atoms with E-state index in [2.05, 4.69) is 9.97 Å². The van der Waals surface area contributed by atoms with Crippen LogP contribution in [-0.4, -0.2) is 40.4 Å². The number of hydrogen-bond acceptors (Lipinski definition) is 6. The van der Waals surface area contributed by atoms with Crippen LogP contribution < -0.4 is 0 Å². The zero-order valence-electron chi connectivity index (χ0n) is 15.4. The van der Waals surface area contributed by atoms with Crippen molar-refractivity contribution in [3.05, 3.63) is 69.8 Å². The molecule has 0 spiro atoms. The van der Waals surface area contributed by atoms with E-state index in [1.807, 2.05) is 30.3 Å². The van der Waals surface area contributed by atoms with E-state index < -0.39 is 5.97 Å². The smallest absolute Gasteiger partial charge is 0.350 e. The zero-order chi connectivity index (χ0) is 20.1. The van der Waals surface area contributed by atoms with Crippen LogP contribution in [0.1, 0.15) is 20.9 Å². The molecule has 0 aliphatic heterocycles. The van der Waals surface area contributed by atoms with E-state index in [9.17, 15) is 9.59 Å². The summed E-state index contributed by atoms with van der Waals surface area (Å²) in [4.78, 5) is 35.1. The fourth-order valence-electron chi connectivity index (χ4n) is 2.44. The van der Waals surface area contributed by atoms with Gasteiger partial charge in [0.25, 0.3) is 5.91 Å². The number of esters is 1. The van der Waals surface area contributed by atoms with Crippen molar-refractivity contribution in [2.24, 2.45) is 0 Å². The van der Waals surface area contributed by atoms with Crippen molar-refractivity contribution >= 4 is 34.8 Å². The normalized spacial score (nSPS) is 10.5. The van der Waals surface area contributed by atoms with Crippen molar-refractivity contribution in [1.82, 2.24) is 14.9 Å². The molecule has 0 N–H and O–H groups in total. The van der Waals surface area contributed by atoms with Gasteiger partial charge >= 0.3 is 5.97 Å². The first-order valence-electron chi connectivity index (χ1n) is 8.48. The second-order valence-corrected chi connectivity index (χ2v) is 7.54. The Labute approximate surface area is 171 Å². The molecule has 2 heterocycles. The summed E-state index contributed by atoms with van der Waals surface area (Å²) >= 11 is 7.06. The summed E-state index contributed by atoms with van der Waals surface area (Å²) in [6, 6.07) is 12.7. The summed E-state index contributed by atoms with van der Waals surface area (Å²) in [5.41, 5.74) is 2.18. The van der Waals surface area contributed by atoms with E-state index in [0.29, 0.717) is 32.8 Å². The molecule has 3 aromatic rings. The van der Waals surface area contributed by atoms with Gasteiger partial charge in [-0.1, -0.05) is 29.8 Å². The Morgan fingerprint density at radius 1 is 1.18 bits per heavy atom. The number of hydrogen-bond donors (Lipinski definition) is 0. The summed E-state index contributed by atoms with van der Waals surface area (Å²) in [6.07, 6.45) is 1.67. The van der Waals surface area contributed by atoms with Crippen LogP contribution in [0.4, 0.5) is 0 Å². The topological polar surface area (TPSA) is 72.4 Å². The van der Waals surface area contributed by atoms with Gasteiger partial charge in [-0.15, -0.1) is 11.3 Å². The van der Waals surface area contributed by atoms with Crippen LogP contribution in [-0.2, 0) is 16.1 Å². The lowest BCUT2D eigenvalue weighted by molar-refractivity contribution is -0.133. The monoisotopic (exact) mass is 415 g/mol. The lowest BCUT2D eigenvalue weighted by Gasteiger charge is -2.17. The number of likely N-dealkylation sites (N-methyl/N-ethyl adjacent to an activating group) is 1. The third-order valence-corrected chi connectivity index (χ3v) is 5.36. The van der Waals surface area contributed by atoms with Crippen LogP contribution in [0, 0.1) is 6.92 Å². The molecule has 0 aliphatic rings. The molecular formula is C20H18ClN3O3S. The van der Waals surface area contributed by atoms with Crippen LogP contribution in [0.15, 0.2) is 48.7 Å². The van der Waals surface area contributed by atoms with E-state index >= 15 is 0 Å². The quantitative estimate of drug-likeness (QED) is 0.569. The number of aromatic nitrogens is 2. The fraction of sp³-hybridized carbons (Fsp3) is 0.200. The van der Waals surface area contributed by atoms with Gasteiger partial charge in [0.1, 0.15) is 9.88 Å². The summed E-state index contributed by atoms with van der Waals surface area (Å²) in [5.74, 6) is -0.860. The molecule has 6 nitrogen and oxygen atoms in total. The van der Waals surface area contributed by atoms with Crippen molar-refractivity contribution in [2.45, 2.75) is 13.5 Å². The number of aryl methyl sites for hydroxylation is 1. The van der Waals surface area contributed by atoms with Crippen LogP contribution in [0.25, 0.3) is 10.7 Å². The third-order valence-electron chi connectivity index (χ3n) is 3.95.